The van der Waals surface area contributed by atoms with Crippen molar-refractivity contribution >= 4 is 29.9 Å². The van der Waals surface area contributed by atoms with Gasteiger partial charge in [0.25, 0.3) is 0 Å². The zero-order valence-electron chi connectivity index (χ0n) is 15.4. The lowest BCUT2D eigenvalue weighted by atomic mass is 9.99. The highest BCUT2D eigenvalue weighted by Crippen LogP contribution is 2.26. The standard InChI is InChI=1S/C19H32N4.HI/c1-4-5-13-22(3)15-12-21-19(20-2)23-14-11-18(16-23)17-9-7-6-8-10-17;/h6-10,18H,4-5,11-16H2,1-3H3,(H,20,21);1H. The van der Waals surface area contributed by atoms with Crippen molar-refractivity contribution < 1.29 is 0 Å². The van der Waals surface area contributed by atoms with Crippen molar-refractivity contribution in [3.05, 3.63) is 35.9 Å². The molecule has 1 N–H and O–H groups in total. The Morgan fingerprint density at radius 3 is 2.71 bits per heavy atom. The average molecular weight is 444 g/mol. The predicted octanol–water partition coefficient (Wildman–Crippen LogP) is 3.40. The van der Waals surface area contributed by atoms with E-state index in [1.807, 2.05) is 7.05 Å². The predicted molar refractivity (Wildman–Crippen MR) is 115 cm³/mol. The fourth-order valence-electron chi connectivity index (χ4n) is 3.18. The molecular formula is C19H33IN4. The maximum absolute atomic E-state index is 4.47. The molecule has 136 valence electrons. The van der Waals surface area contributed by atoms with Crippen LogP contribution in [0.4, 0.5) is 0 Å². The van der Waals surface area contributed by atoms with E-state index >= 15 is 0 Å². The lowest BCUT2D eigenvalue weighted by Gasteiger charge is -2.23. The molecule has 1 aromatic carbocycles. The van der Waals surface area contributed by atoms with E-state index in [1.54, 1.807) is 0 Å². The first kappa shape index (κ1) is 21.2. The summed E-state index contributed by atoms with van der Waals surface area (Å²) in [6.45, 7) is 7.59. The minimum absolute atomic E-state index is 0. The lowest BCUT2D eigenvalue weighted by molar-refractivity contribution is 0.330. The fraction of sp³-hybridized carbons (Fsp3) is 0.632. The van der Waals surface area contributed by atoms with Crippen LogP contribution in [0.25, 0.3) is 0 Å². The first-order valence-electron chi connectivity index (χ1n) is 8.93. The van der Waals surface area contributed by atoms with Crippen molar-refractivity contribution in [1.82, 2.24) is 15.1 Å². The summed E-state index contributed by atoms with van der Waals surface area (Å²) >= 11 is 0. The van der Waals surface area contributed by atoms with Crippen LogP contribution in [-0.4, -0.2) is 62.6 Å². The second kappa shape index (κ2) is 11.7. The topological polar surface area (TPSA) is 30.9 Å². The highest BCUT2D eigenvalue weighted by molar-refractivity contribution is 14.0. The van der Waals surface area contributed by atoms with E-state index in [0.29, 0.717) is 5.92 Å². The van der Waals surface area contributed by atoms with Gasteiger partial charge in [0, 0.05) is 39.1 Å². The molecule has 4 nitrogen and oxygen atoms in total. The molecule has 0 spiro atoms. The van der Waals surface area contributed by atoms with Crippen molar-refractivity contribution in [2.24, 2.45) is 4.99 Å². The summed E-state index contributed by atoms with van der Waals surface area (Å²) in [6, 6.07) is 10.8. The molecule has 1 unspecified atom stereocenters. The smallest absolute Gasteiger partial charge is 0.193 e. The Morgan fingerprint density at radius 2 is 2.04 bits per heavy atom. The molecule has 5 heteroatoms. The van der Waals surface area contributed by atoms with Gasteiger partial charge in [-0.25, -0.2) is 0 Å². The highest BCUT2D eigenvalue weighted by atomic mass is 127. The van der Waals surface area contributed by atoms with Crippen LogP contribution in [-0.2, 0) is 0 Å². The number of likely N-dealkylation sites (N-methyl/N-ethyl adjacent to an activating group) is 1. The third-order valence-electron chi connectivity index (χ3n) is 4.64. The Morgan fingerprint density at radius 1 is 1.29 bits per heavy atom. The zero-order valence-corrected chi connectivity index (χ0v) is 17.7. The van der Waals surface area contributed by atoms with Gasteiger partial charge in [0.1, 0.15) is 0 Å². The molecule has 1 saturated heterocycles. The quantitative estimate of drug-likeness (QED) is 0.398. The van der Waals surface area contributed by atoms with Crippen molar-refractivity contribution in [3.63, 3.8) is 0 Å². The van der Waals surface area contributed by atoms with Crippen LogP contribution in [0.3, 0.4) is 0 Å². The van der Waals surface area contributed by atoms with Gasteiger partial charge in [-0.1, -0.05) is 43.7 Å². The molecule has 1 aliphatic heterocycles. The minimum Gasteiger partial charge on any atom is -0.355 e. The SMILES string of the molecule is CCCCN(C)CCNC(=NC)N1CCC(c2ccccc2)C1.I. The van der Waals surface area contributed by atoms with Gasteiger partial charge in [-0.3, -0.25) is 4.99 Å². The summed E-state index contributed by atoms with van der Waals surface area (Å²) in [4.78, 5) is 9.25. The summed E-state index contributed by atoms with van der Waals surface area (Å²) in [5, 5.41) is 3.52. The molecule has 24 heavy (non-hydrogen) atoms. The van der Waals surface area contributed by atoms with E-state index in [9.17, 15) is 0 Å². The summed E-state index contributed by atoms with van der Waals surface area (Å²) in [7, 11) is 4.08. The normalized spacial score (nSPS) is 17.9. The van der Waals surface area contributed by atoms with Gasteiger partial charge in [-0.15, -0.1) is 24.0 Å². The number of nitrogens with one attached hydrogen (secondary N) is 1. The van der Waals surface area contributed by atoms with Crippen LogP contribution in [0.2, 0.25) is 0 Å². The molecule has 1 atom stereocenters. The summed E-state index contributed by atoms with van der Waals surface area (Å²) in [5.41, 5.74) is 1.45. The van der Waals surface area contributed by atoms with Gasteiger partial charge in [-0.2, -0.15) is 0 Å². The monoisotopic (exact) mass is 444 g/mol. The van der Waals surface area contributed by atoms with Crippen LogP contribution in [0, 0.1) is 0 Å². The summed E-state index contributed by atoms with van der Waals surface area (Å²) in [6.07, 6.45) is 3.74. The van der Waals surface area contributed by atoms with Gasteiger partial charge in [0.2, 0.25) is 0 Å². The first-order valence-corrected chi connectivity index (χ1v) is 8.93. The van der Waals surface area contributed by atoms with Crippen molar-refractivity contribution in [2.45, 2.75) is 32.1 Å². The molecule has 1 heterocycles. The van der Waals surface area contributed by atoms with Gasteiger partial charge in [0.15, 0.2) is 5.96 Å². The van der Waals surface area contributed by atoms with E-state index < -0.39 is 0 Å². The Labute approximate surface area is 164 Å². The largest absolute Gasteiger partial charge is 0.355 e. The minimum atomic E-state index is 0. The van der Waals surface area contributed by atoms with Crippen LogP contribution < -0.4 is 5.32 Å². The number of unbranched alkanes of at least 4 members (excludes halogenated alkanes) is 1. The van der Waals surface area contributed by atoms with Crippen LogP contribution in [0.15, 0.2) is 35.3 Å². The highest BCUT2D eigenvalue weighted by Gasteiger charge is 2.25. The third kappa shape index (κ3) is 6.59. The van der Waals surface area contributed by atoms with Gasteiger partial charge >= 0.3 is 0 Å². The van der Waals surface area contributed by atoms with E-state index in [-0.39, 0.29) is 24.0 Å². The number of likely N-dealkylation sites (tertiary alicyclic amines) is 1. The van der Waals surface area contributed by atoms with E-state index in [2.05, 4.69) is 64.4 Å². The molecule has 0 bridgehead atoms. The third-order valence-corrected chi connectivity index (χ3v) is 4.64. The number of rotatable bonds is 7. The van der Waals surface area contributed by atoms with Crippen LogP contribution >= 0.6 is 24.0 Å². The molecular weight excluding hydrogens is 411 g/mol. The van der Waals surface area contributed by atoms with Gasteiger partial charge in [-0.05, 0) is 32.0 Å². The van der Waals surface area contributed by atoms with Crippen molar-refractivity contribution in [3.8, 4) is 0 Å². The Hall–Kier alpha value is -0.820. The number of guanidine groups is 1. The Bertz CT molecular complexity index is 478. The van der Waals surface area contributed by atoms with E-state index in [4.69, 9.17) is 0 Å². The lowest BCUT2D eigenvalue weighted by Crippen LogP contribution is -2.42. The van der Waals surface area contributed by atoms with Crippen LogP contribution in [0.5, 0.6) is 0 Å². The number of benzene rings is 1. The van der Waals surface area contributed by atoms with Crippen molar-refractivity contribution in [2.75, 3.05) is 46.8 Å². The second-order valence-electron chi connectivity index (χ2n) is 6.47. The fourth-order valence-corrected chi connectivity index (χ4v) is 3.18. The molecule has 0 aromatic heterocycles. The molecule has 2 rings (SSSR count). The first-order chi connectivity index (χ1) is 11.2. The molecule has 1 aromatic rings. The number of hydrogen-bond donors (Lipinski definition) is 1. The molecule has 1 aliphatic rings. The molecule has 0 amide bonds. The van der Waals surface area contributed by atoms with E-state index in [0.717, 1.165) is 32.1 Å². The molecule has 0 aliphatic carbocycles. The molecule has 0 saturated carbocycles. The van der Waals surface area contributed by atoms with E-state index in [1.165, 1.54) is 31.4 Å². The maximum atomic E-state index is 4.47. The van der Waals surface area contributed by atoms with Crippen molar-refractivity contribution in [1.29, 1.82) is 0 Å². The van der Waals surface area contributed by atoms with Gasteiger partial charge in [0.05, 0.1) is 0 Å². The maximum Gasteiger partial charge on any atom is 0.193 e. The molecule has 0 radical (unpaired) electrons. The molecule has 1 fully saturated rings. The number of nitrogens with zero attached hydrogens (tertiary/aromatic N) is 3. The van der Waals surface area contributed by atoms with Crippen LogP contribution in [0.1, 0.15) is 37.7 Å². The zero-order chi connectivity index (χ0) is 16.5. The number of hydrogen-bond acceptors (Lipinski definition) is 2. The Kier molecular flexibility index (Phi) is 10.3. The summed E-state index contributed by atoms with van der Waals surface area (Å²) < 4.78 is 0. The Balaban J connectivity index is 0.00000288. The second-order valence-corrected chi connectivity index (χ2v) is 6.47. The van der Waals surface area contributed by atoms with Gasteiger partial charge < -0.3 is 15.1 Å². The number of aliphatic imine (C=N–C) groups is 1. The average Bonchev–Trinajstić information content (AvgIpc) is 3.07. The number of halogens is 1. The summed E-state index contributed by atoms with van der Waals surface area (Å²) in [5.74, 6) is 1.68.